The third-order valence-corrected chi connectivity index (χ3v) is 3.85. The Morgan fingerprint density at radius 2 is 1.91 bits per heavy atom. The van der Waals surface area contributed by atoms with Crippen molar-refractivity contribution in [2.75, 3.05) is 11.0 Å². The van der Waals surface area contributed by atoms with E-state index in [0.717, 1.165) is 6.61 Å². The fourth-order valence-electron chi connectivity index (χ4n) is 1.82. The van der Waals surface area contributed by atoms with Gasteiger partial charge in [0.15, 0.2) is 0 Å². The van der Waals surface area contributed by atoms with Crippen molar-refractivity contribution in [2.24, 2.45) is 0 Å². The number of ether oxygens (including phenoxy) is 1. The lowest BCUT2D eigenvalue weighted by atomic mass is 9.86. The summed E-state index contributed by atoms with van der Waals surface area (Å²) in [5.41, 5.74) is 0.257. The third-order valence-electron chi connectivity index (χ3n) is 2.46. The van der Waals surface area contributed by atoms with E-state index in [1.807, 2.05) is 0 Å². The molecule has 1 fully saturated rings. The van der Waals surface area contributed by atoms with Gasteiger partial charge in [0, 0.05) is 11.0 Å². The van der Waals surface area contributed by atoms with Gasteiger partial charge in [-0.05, 0) is 19.8 Å². The van der Waals surface area contributed by atoms with E-state index >= 15 is 0 Å². The first-order valence-electron chi connectivity index (χ1n) is 4.53. The maximum Gasteiger partial charge on any atom is 0.0771 e. The molecule has 1 saturated carbocycles. The molecule has 0 aromatic rings. The highest BCUT2D eigenvalue weighted by Gasteiger charge is 2.30. The van der Waals surface area contributed by atoms with Crippen molar-refractivity contribution >= 4 is 22.6 Å². The van der Waals surface area contributed by atoms with Crippen LogP contribution >= 0.6 is 22.6 Å². The summed E-state index contributed by atoms with van der Waals surface area (Å²) in [7, 11) is 0. The summed E-state index contributed by atoms with van der Waals surface area (Å²) >= 11 is 2.46. The number of rotatable bonds is 3. The summed E-state index contributed by atoms with van der Waals surface area (Å²) in [4.78, 5) is 0. The van der Waals surface area contributed by atoms with Crippen LogP contribution in [0.5, 0.6) is 0 Å². The standard InChI is InChI=1S/C9H17IO/c1-2-11-9(8-10)6-4-3-5-7-9/h2-8H2,1H3. The summed E-state index contributed by atoms with van der Waals surface area (Å²) in [5, 5.41) is 0. The lowest BCUT2D eigenvalue weighted by Gasteiger charge is -2.35. The molecule has 66 valence electrons. The van der Waals surface area contributed by atoms with Gasteiger partial charge in [-0.1, -0.05) is 41.9 Å². The Hall–Kier alpha value is 0.690. The van der Waals surface area contributed by atoms with E-state index in [9.17, 15) is 0 Å². The first kappa shape index (κ1) is 9.78. The molecule has 0 spiro atoms. The van der Waals surface area contributed by atoms with Crippen LogP contribution in [0, 0.1) is 0 Å². The predicted molar refractivity (Wildman–Crippen MR) is 56.3 cm³/mol. The number of halogens is 1. The molecular formula is C9H17IO. The Labute approximate surface area is 83.0 Å². The van der Waals surface area contributed by atoms with Gasteiger partial charge in [0.05, 0.1) is 5.60 Å². The van der Waals surface area contributed by atoms with Gasteiger partial charge in [-0.25, -0.2) is 0 Å². The van der Waals surface area contributed by atoms with E-state index < -0.39 is 0 Å². The maximum absolute atomic E-state index is 5.81. The molecule has 0 aromatic carbocycles. The monoisotopic (exact) mass is 268 g/mol. The molecule has 0 aliphatic heterocycles. The Morgan fingerprint density at radius 3 is 2.36 bits per heavy atom. The molecule has 1 aliphatic carbocycles. The number of hydrogen-bond acceptors (Lipinski definition) is 1. The van der Waals surface area contributed by atoms with Crippen molar-refractivity contribution in [3.63, 3.8) is 0 Å². The topological polar surface area (TPSA) is 9.23 Å². The zero-order chi connectivity index (χ0) is 8.16. The first-order chi connectivity index (χ1) is 5.33. The number of hydrogen-bond donors (Lipinski definition) is 0. The van der Waals surface area contributed by atoms with Gasteiger partial charge in [-0.15, -0.1) is 0 Å². The fourth-order valence-corrected chi connectivity index (χ4v) is 2.80. The summed E-state index contributed by atoms with van der Waals surface area (Å²) in [6.45, 7) is 2.98. The molecule has 0 amide bonds. The van der Waals surface area contributed by atoms with Gasteiger partial charge < -0.3 is 4.74 Å². The summed E-state index contributed by atoms with van der Waals surface area (Å²) in [6, 6.07) is 0. The van der Waals surface area contributed by atoms with Crippen molar-refractivity contribution in [3.05, 3.63) is 0 Å². The molecule has 0 N–H and O–H groups in total. The normalized spacial score (nSPS) is 23.5. The van der Waals surface area contributed by atoms with Crippen LogP contribution in [0.4, 0.5) is 0 Å². The Kier molecular flexibility index (Phi) is 4.13. The van der Waals surface area contributed by atoms with Gasteiger partial charge in [0.25, 0.3) is 0 Å². The van der Waals surface area contributed by atoms with Crippen molar-refractivity contribution in [1.29, 1.82) is 0 Å². The van der Waals surface area contributed by atoms with Crippen molar-refractivity contribution in [2.45, 2.75) is 44.6 Å². The zero-order valence-corrected chi connectivity index (χ0v) is 9.39. The second-order valence-electron chi connectivity index (χ2n) is 3.31. The molecule has 0 bridgehead atoms. The average Bonchev–Trinajstić information content (AvgIpc) is 2.07. The van der Waals surface area contributed by atoms with Crippen LogP contribution in [-0.4, -0.2) is 16.6 Å². The lowest BCUT2D eigenvalue weighted by Crippen LogP contribution is -2.36. The molecule has 0 heterocycles. The second-order valence-corrected chi connectivity index (χ2v) is 4.07. The average molecular weight is 268 g/mol. The lowest BCUT2D eigenvalue weighted by molar-refractivity contribution is -0.0439. The van der Waals surface area contributed by atoms with E-state index in [-0.39, 0.29) is 5.60 Å². The molecule has 0 aromatic heterocycles. The van der Waals surface area contributed by atoms with Crippen LogP contribution in [0.3, 0.4) is 0 Å². The predicted octanol–water partition coefficient (Wildman–Crippen LogP) is 3.16. The summed E-state index contributed by atoms with van der Waals surface area (Å²) in [6.07, 6.45) is 6.70. The molecule has 0 atom stereocenters. The van der Waals surface area contributed by atoms with Gasteiger partial charge >= 0.3 is 0 Å². The van der Waals surface area contributed by atoms with Crippen LogP contribution in [0.1, 0.15) is 39.0 Å². The van der Waals surface area contributed by atoms with Gasteiger partial charge in [-0.2, -0.15) is 0 Å². The van der Waals surface area contributed by atoms with Crippen molar-refractivity contribution in [3.8, 4) is 0 Å². The second kappa shape index (κ2) is 4.65. The molecular weight excluding hydrogens is 251 g/mol. The summed E-state index contributed by atoms with van der Waals surface area (Å²) < 4.78 is 6.98. The molecule has 0 unspecified atom stereocenters. The van der Waals surface area contributed by atoms with Crippen LogP contribution in [0.2, 0.25) is 0 Å². The van der Waals surface area contributed by atoms with Crippen LogP contribution in [0.15, 0.2) is 0 Å². The van der Waals surface area contributed by atoms with E-state index in [0.29, 0.717) is 0 Å². The van der Waals surface area contributed by atoms with E-state index in [4.69, 9.17) is 4.74 Å². The highest BCUT2D eigenvalue weighted by atomic mass is 127. The SMILES string of the molecule is CCOC1(CI)CCCCC1. The fraction of sp³-hybridized carbons (Fsp3) is 1.00. The van der Waals surface area contributed by atoms with Crippen molar-refractivity contribution < 1.29 is 4.74 Å². The van der Waals surface area contributed by atoms with Crippen LogP contribution < -0.4 is 0 Å². The molecule has 1 nitrogen and oxygen atoms in total. The molecule has 0 saturated heterocycles. The maximum atomic E-state index is 5.81. The van der Waals surface area contributed by atoms with E-state index in [1.54, 1.807) is 0 Å². The minimum atomic E-state index is 0.257. The molecule has 1 rings (SSSR count). The van der Waals surface area contributed by atoms with Gasteiger partial charge in [0.2, 0.25) is 0 Å². The van der Waals surface area contributed by atoms with E-state index in [2.05, 4.69) is 29.5 Å². The Bertz CT molecular complexity index is 103. The Morgan fingerprint density at radius 1 is 1.27 bits per heavy atom. The molecule has 0 radical (unpaired) electrons. The smallest absolute Gasteiger partial charge is 0.0771 e. The quantitative estimate of drug-likeness (QED) is 0.564. The summed E-state index contributed by atoms with van der Waals surface area (Å²) in [5.74, 6) is 0. The van der Waals surface area contributed by atoms with E-state index in [1.165, 1.54) is 36.5 Å². The highest BCUT2D eigenvalue weighted by molar-refractivity contribution is 14.1. The van der Waals surface area contributed by atoms with Crippen LogP contribution in [-0.2, 0) is 4.74 Å². The third kappa shape index (κ3) is 2.58. The van der Waals surface area contributed by atoms with Gasteiger partial charge in [0.1, 0.15) is 0 Å². The van der Waals surface area contributed by atoms with Crippen molar-refractivity contribution in [1.82, 2.24) is 0 Å². The van der Waals surface area contributed by atoms with Crippen LogP contribution in [0.25, 0.3) is 0 Å². The minimum Gasteiger partial charge on any atom is -0.374 e. The Balaban J connectivity index is 2.42. The largest absolute Gasteiger partial charge is 0.374 e. The zero-order valence-electron chi connectivity index (χ0n) is 7.24. The van der Waals surface area contributed by atoms with Gasteiger partial charge in [-0.3, -0.25) is 0 Å². The first-order valence-corrected chi connectivity index (χ1v) is 6.05. The molecule has 1 aliphatic rings. The minimum absolute atomic E-state index is 0.257. The number of alkyl halides is 1. The molecule has 2 heteroatoms. The highest BCUT2D eigenvalue weighted by Crippen LogP contribution is 2.33. The molecule has 11 heavy (non-hydrogen) atoms.